The first-order chi connectivity index (χ1) is 8.75. The van der Waals surface area contributed by atoms with E-state index in [-0.39, 0.29) is 0 Å². The van der Waals surface area contributed by atoms with Crippen LogP contribution in [0.3, 0.4) is 0 Å². The first kappa shape index (κ1) is 13.4. The molecule has 0 spiro atoms. The largest absolute Gasteiger partial charge is 0.338 e. The lowest BCUT2D eigenvalue weighted by molar-refractivity contribution is 0.392. The van der Waals surface area contributed by atoms with E-state index in [0.717, 1.165) is 12.4 Å². The standard InChI is InChI=1S/C14H25N3O/c1-11(2)10-15-14-16-13(17-18-14)12-8-6-4-3-5-7-9-12/h11-12H,3-10H2,1-2H3,(H,15,16,17). The normalized spacial score (nSPS) is 18.6. The van der Waals surface area contributed by atoms with Gasteiger partial charge in [0.05, 0.1) is 0 Å². The van der Waals surface area contributed by atoms with Crippen LogP contribution in [0.2, 0.25) is 0 Å². The maximum absolute atomic E-state index is 5.27. The molecule has 0 aromatic carbocycles. The van der Waals surface area contributed by atoms with E-state index in [4.69, 9.17) is 4.52 Å². The van der Waals surface area contributed by atoms with E-state index in [2.05, 4.69) is 29.3 Å². The molecule has 18 heavy (non-hydrogen) atoms. The van der Waals surface area contributed by atoms with E-state index in [9.17, 15) is 0 Å². The Kier molecular flexibility index (Phi) is 5.02. The molecule has 0 bridgehead atoms. The highest BCUT2D eigenvalue weighted by atomic mass is 16.5. The molecule has 1 saturated carbocycles. The van der Waals surface area contributed by atoms with Crippen molar-refractivity contribution in [1.82, 2.24) is 10.1 Å². The summed E-state index contributed by atoms with van der Waals surface area (Å²) in [5, 5.41) is 7.33. The molecular formula is C14H25N3O. The Labute approximate surface area is 110 Å². The first-order valence-corrected chi connectivity index (χ1v) is 7.33. The maximum atomic E-state index is 5.27. The van der Waals surface area contributed by atoms with Gasteiger partial charge >= 0.3 is 6.01 Å². The maximum Gasteiger partial charge on any atom is 0.321 e. The average Bonchev–Trinajstić information content (AvgIpc) is 2.74. The number of rotatable bonds is 4. The van der Waals surface area contributed by atoms with Crippen LogP contribution in [0.15, 0.2) is 4.52 Å². The van der Waals surface area contributed by atoms with E-state index in [1.807, 2.05) is 0 Å². The highest BCUT2D eigenvalue weighted by Gasteiger charge is 2.19. The Morgan fingerprint density at radius 2 is 1.83 bits per heavy atom. The summed E-state index contributed by atoms with van der Waals surface area (Å²) in [5.41, 5.74) is 0. The minimum absolute atomic E-state index is 0.503. The monoisotopic (exact) mass is 251 g/mol. The molecule has 0 aliphatic heterocycles. The molecular weight excluding hydrogens is 226 g/mol. The van der Waals surface area contributed by atoms with Crippen molar-refractivity contribution < 1.29 is 4.52 Å². The molecule has 0 amide bonds. The van der Waals surface area contributed by atoms with E-state index in [0.29, 0.717) is 17.9 Å². The lowest BCUT2D eigenvalue weighted by atomic mass is 9.91. The highest BCUT2D eigenvalue weighted by Crippen LogP contribution is 2.29. The van der Waals surface area contributed by atoms with Crippen LogP contribution in [-0.2, 0) is 0 Å². The van der Waals surface area contributed by atoms with Crippen molar-refractivity contribution in [2.45, 2.75) is 64.7 Å². The Hall–Kier alpha value is -1.06. The predicted molar refractivity (Wildman–Crippen MR) is 72.7 cm³/mol. The van der Waals surface area contributed by atoms with E-state index < -0.39 is 0 Å². The molecule has 1 aliphatic rings. The zero-order chi connectivity index (χ0) is 12.8. The van der Waals surface area contributed by atoms with E-state index in [1.165, 1.54) is 44.9 Å². The van der Waals surface area contributed by atoms with Crippen LogP contribution in [0, 0.1) is 5.92 Å². The molecule has 1 aromatic rings. The summed E-state index contributed by atoms with van der Waals surface area (Å²) >= 11 is 0. The number of nitrogens with zero attached hydrogens (tertiary/aromatic N) is 2. The molecule has 1 aromatic heterocycles. The van der Waals surface area contributed by atoms with Gasteiger partial charge in [-0.1, -0.05) is 51.1 Å². The molecule has 1 aliphatic carbocycles. The Bertz CT molecular complexity index is 341. The number of anilines is 1. The van der Waals surface area contributed by atoms with E-state index in [1.54, 1.807) is 0 Å². The van der Waals surface area contributed by atoms with Crippen molar-refractivity contribution in [3.05, 3.63) is 5.82 Å². The summed E-state index contributed by atoms with van der Waals surface area (Å²) in [7, 11) is 0. The zero-order valence-corrected chi connectivity index (χ0v) is 11.6. The van der Waals surface area contributed by atoms with Gasteiger partial charge in [-0.3, -0.25) is 0 Å². The molecule has 1 N–H and O–H groups in total. The molecule has 0 saturated heterocycles. The summed E-state index contributed by atoms with van der Waals surface area (Å²) < 4.78 is 5.27. The van der Waals surface area contributed by atoms with Gasteiger partial charge in [-0.15, -0.1) is 0 Å². The third kappa shape index (κ3) is 4.00. The van der Waals surface area contributed by atoms with Crippen molar-refractivity contribution in [3.8, 4) is 0 Å². The fourth-order valence-corrected chi connectivity index (χ4v) is 2.48. The zero-order valence-electron chi connectivity index (χ0n) is 11.6. The van der Waals surface area contributed by atoms with Gasteiger partial charge in [-0.25, -0.2) is 0 Å². The summed E-state index contributed by atoms with van der Waals surface area (Å²) in [6.45, 7) is 5.21. The second-order valence-corrected chi connectivity index (χ2v) is 5.77. The van der Waals surface area contributed by atoms with Crippen molar-refractivity contribution in [2.75, 3.05) is 11.9 Å². The van der Waals surface area contributed by atoms with Crippen molar-refractivity contribution >= 4 is 6.01 Å². The van der Waals surface area contributed by atoms with Crippen LogP contribution in [0.4, 0.5) is 6.01 Å². The molecule has 0 unspecified atom stereocenters. The molecule has 4 nitrogen and oxygen atoms in total. The Balaban J connectivity index is 1.90. The van der Waals surface area contributed by atoms with Crippen molar-refractivity contribution in [3.63, 3.8) is 0 Å². The van der Waals surface area contributed by atoms with E-state index >= 15 is 0 Å². The SMILES string of the molecule is CC(C)CNc1nc(C2CCCCCCC2)no1. The van der Waals surface area contributed by atoms with Gasteiger partial charge in [0.15, 0.2) is 5.82 Å². The number of aromatic nitrogens is 2. The second-order valence-electron chi connectivity index (χ2n) is 5.77. The molecule has 0 atom stereocenters. The molecule has 0 radical (unpaired) electrons. The van der Waals surface area contributed by atoms with Crippen LogP contribution in [-0.4, -0.2) is 16.7 Å². The lowest BCUT2D eigenvalue weighted by Gasteiger charge is -2.15. The van der Waals surface area contributed by atoms with Gasteiger partial charge in [-0.2, -0.15) is 4.98 Å². The average molecular weight is 251 g/mol. The van der Waals surface area contributed by atoms with Crippen LogP contribution in [0.1, 0.15) is 70.5 Å². The summed E-state index contributed by atoms with van der Waals surface area (Å²) in [6, 6.07) is 0.584. The van der Waals surface area contributed by atoms with Crippen LogP contribution < -0.4 is 5.32 Å². The Morgan fingerprint density at radius 1 is 1.17 bits per heavy atom. The van der Waals surface area contributed by atoms with Gasteiger partial charge in [0, 0.05) is 12.5 Å². The molecule has 102 valence electrons. The predicted octanol–water partition coefficient (Wildman–Crippen LogP) is 3.97. The third-order valence-corrected chi connectivity index (χ3v) is 3.57. The van der Waals surface area contributed by atoms with Crippen LogP contribution in [0.5, 0.6) is 0 Å². The van der Waals surface area contributed by atoms with Gasteiger partial charge in [0.2, 0.25) is 0 Å². The smallest absolute Gasteiger partial charge is 0.321 e. The van der Waals surface area contributed by atoms with Gasteiger partial charge < -0.3 is 9.84 Å². The lowest BCUT2D eigenvalue weighted by Crippen LogP contribution is -2.08. The van der Waals surface area contributed by atoms with Crippen molar-refractivity contribution in [1.29, 1.82) is 0 Å². The molecule has 4 heteroatoms. The minimum atomic E-state index is 0.503. The number of nitrogens with one attached hydrogen (secondary N) is 1. The van der Waals surface area contributed by atoms with Crippen LogP contribution >= 0.6 is 0 Å². The number of hydrogen-bond donors (Lipinski definition) is 1. The molecule has 1 heterocycles. The third-order valence-electron chi connectivity index (χ3n) is 3.57. The number of hydrogen-bond acceptors (Lipinski definition) is 4. The molecule has 2 rings (SSSR count). The fourth-order valence-electron chi connectivity index (χ4n) is 2.48. The topological polar surface area (TPSA) is 51.0 Å². The highest BCUT2D eigenvalue weighted by molar-refractivity contribution is 5.19. The summed E-state index contributed by atoms with van der Waals surface area (Å²) in [5.74, 6) is 1.99. The Morgan fingerprint density at radius 3 is 2.50 bits per heavy atom. The summed E-state index contributed by atoms with van der Waals surface area (Å²) in [4.78, 5) is 4.49. The second kappa shape index (κ2) is 6.76. The van der Waals surface area contributed by atoms with Gasteiger partial charge in [-0.05, 0) is 18.8 Å². The van der Waals surface area contributed by atoms with Gasteiger partial charge in [0.25, 0.3) is 0 Å². The summed E-state index contributed by atoms with van der Waals surface area (Å²) in [6.07, 6.45) is 9.12. The van der Waals surface area contributed by atoms with Crippen molar-refractivity contribution in [2.24, 2.45) is 5.92 Å². The molecule has 1 fully saturated rings. The first-order valence-electron chi connectivity index (χ1n) is 7.33. The van der Waals surface area contributed by atoms with Gasteiger partial charge in [0.1, 0.15) is 0 Å². The quantitative estimate of drug-likeness (QED) is 0.879. The minimum Gasteiger partial charge on any atom is -0.338 e. The fraction of sp³-hybridized carbons (Fsp3) is 0.857. The van der Waals surface area contributed by atoms with Crippen LogP contribution in [0.25, 0.3) is 0 Å².